The van der Waals surface area contributed by atoms with E-state index in [1.807, 2.05) is 0 Å². The van der Waals surface area contributed by atoms with Crippen LogP contribution in [0.2, 0.25) is 0 Å². The van der Waals surface area contributed by atoms with Crippen molar-refractivity contribution >= 4 is 15.9 Å². The molecule has 0 aromatic carbocycles. The first-order valence-corrected chi connectivity index (χ1v) is 10.2. The Morgan fingerprint density at radius 1 is 1.22 bits per heavy atom. The summed E-state index contributed by atoms with van der Waals surface area (Å²) in [6, 6.07) is 0. The summed E-state index contributed by atoms with van der Waals surface area (Å²) >= 11 is 0. The number of sulfonamides is 1. The first-order valence-electron chi connectivity index (χ1n) is 8.57. The molecule has 4 saturated carbocycles. The first kappa shape index (κ1) is 17.2. The summed E-state index contributed by atoms with van der Waals surface area (Å²) in [5, 5.41) is 13.7. The summed E-state index contributed by atoms with van der Waals surface area (Å²) < 4.78 is 25.2. The second kappa shape index (κ2) is 5.43. The maximum Gasteiger partial charge on any atom is 0.226 e. The lowest BCUT2D eigenvalue weighted by atomic mass is 9.42. The van der Waals surface area contributed by atoms with E-state index in [2.05, 4.69) is 17.0 Å². The Balaban J connectivity index is 1.73. The van der Waals surface area contributed by atoms with E-state index in [1.165, 1.54) is 7.05 Å². The van der Waals surface area contributed by atoms with Crippen molar-refractivity contribution in [2.75, 3.05) is 19.3 Å². The van der Waals surface area contributed by atoms with Gasteiger partial charge in [-0.2, -0.15) is 0 Å². The van der Waals surface area contributed by atoms with E-state index < -0.39 is 21.0 Å². The zero-order chi connectivity index (χ0) is 16.9. The first-order chi connectivity index (χ1) is 10.7. The Hall–Kier alpha value is -0.660. The topological polar surface area (TPSA) is 95.5 Å². The predicted molar refractivity (Wildman–Crippen MR) is 87.2 cm³/mol. The highest BCUT2D eigenvalue weighted by Gasteiger charge is 2.64. The third-order valence-electron chi connectivity index (χ3n) is 6.35. The number of carbonyl (C=O) groups excluding carboxylic acids is 1. The molecule has 4 unspecified atom stereocenters. The lowest BCUT2D eigenvalue weighted by Crippen LogP contribution is -2.64. The Morgan fingerprint density at radius 2 is 1.96 bits per heavy atom. The zero-order valence-electron chi connectivity index (χ0n) is 14.0. The van der Waals surface area contributed by atoms with Crippen LogP contribution in [-0.2, 0) is 14.8 Å². The van der Waals surface area contributed by atoms with Gasteiger partial charge in [0.25, 0.3) is 0 Å². The fraction of sp³-hybridized carbons (Fsp3) is 0.938. The highest BCUT2D eigenvalue weighted by Crippen LogP contribution is 2.67. The van der Waals surface area contributed by atoms with Crippen molar-refractivity contribution in [3.63, 3.8) is 0 Å². The molecule has 6 nitrogen and oxygen atoms in total. The maximum atomic E-state index is 12.8. The normalized spacial score (nSPS) is 42.0. The molecule has 4 aliphatic rings. The summed E-state index contributed by atoms with van der Waals surface area (Å²) in [7, 11) is -1.94. The predicted octanol–water partition coefficient (Wildman–Crippen LogP) is 0.763. The van der Waals surface area contributed by atoms with Crippen LogP contribution in [0, 0.1) is 16.7 Å². The van der Waals surface area contributed by atoms with Crippen LogP contribution in [-0.4, -0.2) is 44.4 Å². The zero-order valence-corrected chi connectivity index (χ0v) is 14.8. The van der Waals surface area contributed by atoms with Crippen molar-refractivity contribution in [1.29, 1.82) is 0 Å². The molecule has 1 amide bonds. The number of hydrogen-bond donors (Lipinski definition) is 3. The highest BCUT2D eigenvalue weighted by atomic mass is 32.2. The lowest BCUT2D eigenvalue weighted by Gasteiger charge is -2.64. The average molecular weight is 344 g/mol. The number of hydrogen-bond acceptors (Lipinski definition) is 4. The Bertz CT molecular complexity index is 607. The van der Waals surface area contributed by atoms with Gasteiger partial charge in [-0.1, -0.05) is 13.3 Å². The molecule has 4 atom stereocenters. The molecular weight excluding hydrogens is 316 g/mol. The molecule has 0 aromatic rings. The maximum absolute atomic E-state index is 12.8. The molecule has 4 fully saturated rings. The number of nitrogens with one attached hydrogen (secondary N) is 2. The fourth-order valence-electron chi connectivity index (χ4n) is 5.82. The van der Waals surface area contributed by atoms with E-state index in [0.717, 1.165) is 38.5 Å². The molecule has 4 rings (SSSR count). The SMILES string of the molecule is CCC12CC3CC(O)(C1)CC(C(=O)NCCS(=O)(=O)NC)(C3)C2. The molecule has 0 saturated heterocycles. The van der Waals surface area contributed by atoms with E-state index in [9.17, 15) is 18.3 Å². The van der Waals surface area contributed by atoms with Gasteiger partial charge >= 0.3 is 0 Å². The standard InChI is InChI=1S/C16H28N2O4S/c1-3-14-6-12-7-15(9-14,11-16(20,8-12)10-14)13(19)18-4-5-23(21,22)17-2/h12,17,20H,3-11H2,1-2H3,(H,18,19). The quantitative estimate of drug-likeness (QED) is 0.663. The van der Waals surface area contributed by atoms with Crippen molar-refractivity contribution in [1.82, 2.24) is 10.0 Å². The van der Waals surface area contributed by atoms with Gasteiger partial charge in [-0.15, -0.1) is 0 Å². The van der Waals surface area contributed by atoms with Gasteiger partial charge in [0, 0.05) is 6.54 Å². The van der Waals surface area contributed by atoms with Gasteiger partial charge in [-0.25, -0.2) is 13.1 Å². The van der Waals surface area contributed by atoms with E-state index in [4.69, 9.17) is 0 Å². The molecule has 4 aliphatic carbocycles. The third kappa shape index (κ3) is 3.03. The molecule has 0 aromatic heterocycles. The average Bonchev–Trinajstić information content (AvgIpc) is 2.44. The third-order valence-corrected chi connectivity index (χ3v) is 7.72. The summed E-state index contributed by atoms with van der Waals surface area (Å²) in [6.45, 7) is 2.27. The van der Waals surface area contributed by atoms with Crippen LogP contribution < -0.4 is 10.0 Å². The van der Waals surface area contributed by atoms with Gasteiger partial charge in [0.15, 0.2) is 0 Å². The second-order valence-electron chi connectivity index (χ2n) is 8.15. The summed E-state index contributed by atoms with van der Waals surface area (Å²) in [5.41, 5.74) is -1.13. The fourth-order valence-corrected chi connectivity index (χ4v) is 6.40. The van der Waals surface area contributed by atoms with Crippen LogP contribution >= 0.6 is 0 Å². The van der Waals surface area contributed by atoms with Crippen LogP contribution in [0.3, 0.4) is 0 Å². The summed E-state index contributed by atoms with van der Waals surface area (Å²) in [6.07, 6.45) is 5.95. The van der Waals surface area contributed by atoms with Crippen LogP contribution in [0.25, 0.3) is 0 Å². The Labute approximate surface area is 138 Å². The second-order valence-corrected chi connectivity index (χ2v) is 10.2. The van der Waals surface area contributed by atoms with Gasteiger partial charge in [0.2, 0.25) is 15.9 Å². The van der Waals surface area contributed by atoms with E-state index in [1.54, 1.807) is 0 Å². The molecule has 23 heavy (non-hydrogen) atoms. The van der Waals surface area contributed by atoms with Crippen LogP contribution in [0.1, 0.15) is 51.9 Å². The van der Waals surface area contributed by atoms with Crippen molar-refractivity contribution in [2.24, 2.45) is 16.7 Å². The van der Waals surface area contributed by atoms with Crippen LogP contribution in [0.15, 0.2) is 0 Å². The minimum Gasteiger partial charge on any atom is -0.390 e. The van der Waals surface area contributed by atoms with E-state index in [-0.39, 0.29) is 23.6 Å². The number of carbonyl (C=O) groups is 1. The molecule has 0 spiro atoms. The van der Waals surface area contributed by atoms with Gasteiger partial charge in [-0.3, -0.25) is 4.79 Å². The van der Waals surface area contributed by atoms with Gasteiger partial charge < -0.3 is 10.4 Å². The Morgan fingerprint density at radius 3 is 2.57 bits per heavy atom. The van der Waals surface area contributed by atoms with Gasteiger partial charge in [-0.05, 0) is 56.9 Å². The lowest BCUT2D eigenvalue weighted by molar-refractivity contribution is -0.204. The summed E-state index contributed by atoms with van der Waals surface area (Å²) in [4.78, 5) is 12.8. The number of aliphatic hydroxyl groups is 1. The van der Waals surface area contributed by atoms with E-state index in [0.29, 0.717) is 12.3 Å². The van der Waals surface area contributed by atoms with Gasteiger partial charge in [0.1, 0.15) is 0 Å². The minimum absolute atomic E-state index is 0.0656. The molecule has 7 heteroatoms. The molecule has 4 bridgehead atoms. The van der Waals surface area contributed by atoms with Crippen LogP contribution in [0.4, 0.5) is 0 Å². The molecular formula is C16H28N2O4S. The minimum atomic E-state index is -3.31. The van der Waals surface area contributed by atoms with Crippen molar-refractivity contribution in [3.05, 3.63) is 0 Å². The number of amides is 1. The number of rotatable bonds is 6. The van der Waals surface area contributed by atoms with Crippen molar-refractivity contribution in [3.8, 4) is 0 Å². The van der Waals surface area contributed by atoms with E-state index >= 15 is 0 Å². The Kier molecular flexibility index (Phi) is 4.05. The van der Waals surface area contributed by atoms with Crippen molar-refractivity contribution in [2.45, 2.75) is 57.5 Å². The molecule has 3 N–H and O–H groups in total. The summed E-state index contributed by atoms with van der Waals surface area (Å²) in [5.74, 6) is 0.241. The molecule has 0 radical (unpaired) electrons. The van der Waals surface area contributed by atoms with Crippen LogP contribution in [0.5, 0.6) is 0 Å². The highest BCUT2D eigenvalue weighted by molar-refractivity contribution is 7.89. The van der Waals surface area contributed by atoms with Crippen molar-refractivity contribution < 1.29 is 18.3 Å². The monoisotopic (exact) mass is 344 g/mol. The largest absolute Gasteiger partial charge is 0.390 e. The van der Waals surface area contributed by atoms with Gasteiger partial charge in [0.05, 0.1) is 16.8 Å². The molecule has 0 heterocycles. The smallest absolute Gasteiger partial charge is 0.226 e. The molecule has 0 aliphatic heterocycles. The molecule has 132 valence electrons.